The number of hydrogen-bond donors (Lipinski definition) is 2. The summed E-state index contributed by atoms with van der Waals surface area (Å²) in [5, 5.41) is 3.03. The van der Waals surface area contributed by atoms with Gasteiger partial charge < -0.3 is 11.1 Å². The number of carbonyl (C=O) groups is 1. The fourth-order valence-electron chi connectivity index (χ4n) is 2.79. The van der Waals surface area contributed by atoms with Crippen molar-refractivity contribution in [3.8, 4) is 11.8 Å². The van der Waals surface area contributed by atoms with Crippen molar-refractivity contribution < 1.29 is 9.18 Å². The first-order valence-electron chi connectivity index (χ1n) is 7.21. The summed E-state index contributed by atoms with van der Waals surface area (Å²) in [6.45, 7) is 4.58. The first-order valence-corrected chi connectivity index (χ1v) is 7.21. The number of benzene rings is 1. The molecule has 1 unspecified atom stereocenters. The van der Waals surface area contributed by atoms with E-state index in [4.69, 9.17) is 5.73 Å². The van der Waals surface area contributed by atoms with Gasteiger partial charge in [-0.1, -0.05) is 25.7 Å². The standard InChI is InChI=1S/C17H21FN2O/c1-17(2)8-7-14(11-17)20-16(21)15-6-5-13(18)10-12(15)4-3-9-19/h5-6,10,14H,7-9,11,19H2,1-2H3,(H,20,21). The lowest BCUT2D eigenvalue weighted by atomic mass is 9.92. The number of halogens is 1. The van der Waals surface area contributed by atoms with Crippen molar-refractivity contribution >= 4 is 5.91 Å². The third-order valence-electron chi connectivity index (χ3n) is 3.86. The molecular formula is C17H21FN2O. The van der Waals surface area contributed by atoms with Crippen LogP contribution in [0.5, 0.6) is 0 Å². The zero-order valence-electron chi connectivity index (χ0n) is 12.5. The van der Waals surface area contributed by atoms with Crippen LogP contribution in [0, 0.1) is 23.1 Å². The summed E-state index contributed by atoms with van der Waals surface area (Å²) in [5.41, 5.74) is 6.39. The van der Waals surface area contributed by atoms with Crippen molar-refractivity contribution in [3.63, 3.8) is 0 Å². The van der Waals surface area contributed by atoms with E-state index in [0.29, 0.717) is 11.1 Å². The predicted molar refractivity (Wildman–Crippen MR) is 81.2 cm³/mol. The Labute approximate surface area is 125 Å². The zero-order valence-corrected chi connectivity index (χ0v) is 12.5. The summed E-state index contributed by atoms with van der Waals surface area (Å²) in [6.07, 6.45) is 3.04. The van der Waals surface area contributed by atoms with E-state index in [1.807, 2.05) is 0 Å². The maximum absolute atomic E-state index is 13.3. The van der Waals surface area contributed by atoms with Gasteiger partial charge in [0.2, 0.25) is 0 Å². The van der Waals surface area contributed by atoms with E-state index in [-0.39, 0.29) is 23.9 Å². The van der Waals surface area contributed by atoms with Gasteiger partial charge in [0.1, 0.15) is 5.82 Å². The Morgan fingerprint density at radius 1 is 1.52 bits per heavy atom. The monoisotopic (exact) mass is 288 g/mol. The highest BCUT2D eigenvalue weighted by atomic mass is 19.1. The summed E-state index contributed by atoms with van der Waals surface area (Å²) >= 11 is 0. The maximum atomic E-state index is 13.3. The van der Waals surface area contributed by atoms with Gasteiger partial charge in [-0.2, -0.15) is 0 Å². The summed E-state index contributed by atoms with van der Waals surface area (Å²) in [4.78, 5) is 12.4. The third kappa shape index (κ3) is 4.05. The molecule has 1 saturated carbocycles. The predicted octanol–water partition coefficient (Wildman–Crippen LogP) is 2.44. The fourth-order valence-corrected chi connectivity index (χ4v) is 2.79. The lowest BCUT2D eigenvalue weighted by Gasteiger charge is -2.18. The van der Waals surface area contributed by atoms with Crippen LogP contribution in [0.2, 0.25) is 0 Å². The molecule has 0 radical (unpaired) electrons. The van der Waals surface area contributed by atoms with Gasteiger partial charge in [-0.05, 0) is 42.9 Å². The molecule has 1 aromatic carbocycles. The van der Waals surface area contributed by atoms with Crippen LogP contribution in [0.4, 0.5) is 4.39 Å². The number of carbonyl (C=O) groups excluding carboxylic acids is 1. The number of nitrogens with one attached hydrogen (secondary N) is 1. The Morgan fingerprint density at radius 3 is 2.90 bits per heavy atom. The summed E-state index contributed by atoms with van der Waals surface area (Å²) in [5.74, 6) is 4.82. The SMILES string of the molecule is CC1(C)CCC(NC(=O)c2ccc(F)cc2C#CCN)C1. The first kappa shape index (κ1) is 15.5. The number of amides is 1. The number of rotatable bonds is 2. The lowest BCUT2D eigenvalue weighted by Crippen LogP contribution is -2.34. The van der Waals surface area contributed by atoms with Gasteiger partial charge in [-0.3, -0.25) is 4.79 Å². The summed E-state index contributed by atoms with van der Waals surface area (Å²) < 4.78 is 13.3. The molecule has 112 valence electrons. The smallest absolute Gasteiger partial charge is 0.252 e. The fraction of sp³-hybridized carbons (Fsp3) is 0.471. The molecule has 0 saturated heterocycles. The molecule has 1 amide bonds. The minimum atomic E-state index is -0.408. The molecule has 0 aromatic heterocycles. The Balaban J connectivity index is 2.16. The normalized spacial score (nSPS) is 19.7. The quantitative estimate of drug-likeness (QED) is 0.821. The third-order valence-corrected chi connectivity index (χ3v) is 3.86. The van der Waals surface area contributed by atoms with E-state index in [0.717, 1.165) is 19.3 Å². The Bertz CT molecular complexity index is 599. The molecule has 2 rings (SSSR count). The van der Waals surface area contributed by atoms with E-state index < -0.39 is 5.82 Å². The van der Waals surface area contributed by atoms with Gasteiger partial charge in [0.15, 0.2) is 0 Å². The van der Waals surface area contributed by atoms with Crippen LogP contribution in [0.25, 0.3) is 0 Å². The van der Waals surface area contributed by atoms with Crippen molar-refractivity contribution in [2.24, 2.45) is 11.1 Å². The molecule has 3 N–H and O–H groups in total. The van der Waals surface area contributed by atoms with Crippen molar-refractivity contribution in [3.05, 3.63) is 35.1 Å². The van der Waals surface area contributed by atoms with Gasteiger partial charge in [0.25, 0.3) is 5.91 Å². The largest absolute Gasteiger partial charge is 0.349 e. The highest BCUT2D eigenvalue weighted by Gasteiger charge is 2.32. The second-order valence-electron chi connectivity index (χ2n) is 6.27. The molecule has 1 aliphatic carbocycles. The van der Waals surface area contributed by atoms with Gasteiger partial charge in [0.05, 0.1) is 12.1 Å². The van der Waals surface area contributed by atoms with Crippen molar-refractivity contribution in [1.29, 1.82) is 0 Å². The van der Waals surface area contributed by atoms with E-state index >= 15 is 0 Å². The van der Waals surface area contributed by atoms with E-state index in [1.54, 1.807) is 0 Å². The molecule has 0 heterocycles. The van der Waals surface area contributed by atoms with Gasteiger partial charge in [0, 0.05) is 11.6 Å². The van der Waals surface area contributed by atoms with Crippen LogP contribution in [0.15, 0.2) is 18.2 Å². The summed E-state index contributed by atoms with van der Waals surface area (Å²) in [7, 11) is 0. The average Bonchev–Trinajstić information content (AvgIpc) is 2.75. The van der Waals surface area contributed by atoms with Crippen LogP contribution >= 0.6 is 0 Å². The van der Waals surface area contributed by atoms with Gasteiger partial charge in [-0.15, -0.1) is 0 Å². The van der Waals surface area contributed by atoms with Crippen LogP contribution in [0.3, 0.4) is 0 Å². The Hall–Kier alpha value is -1.86. The minimum absolute atomic E-state index is 0.174. The molecule has 4 heteroatoms. The van der Waals surface area contributed by atoms with E-state index in [9.17, 15) is 9.18 Å². The average molecular weight is 288 g/mol. The molecule has 21 heavy (non-hydrogen) atoms. The number of hydrogen-bond acceptors (Lipinski definition) is 2. The molecule has 1 fully saturated rings. The van der Waals surface area contributed by atoms with Crippen molar-refractivity contribution in [2.75, 3.05) is 6.54 Å². The molecular weight excluding hydrogens is 267 g/mol. The molecule has 1 atom stereocenters. The van der Waals surface area contributed by atoms with Crippen molar-refractivity contribution in [1.82, 2.24) is 5.32 Å². The van der Waals surface area contributed by atoms with Crippen LogP contribution in [-0.2, 0) is 0 Å². The topological polar surface area (TPSA) is 55.1 Å². The second-order valence-corrected chi connectivity index (χ2v) is 6.27. The molecule has 1 aliphatic rings. The van der Waals surface area contributed by atoms with E-state index in [2.05, 4.69) is 31.0 Å². The number of nitrogens with two attached hydrogens (primary N) is 1. The van der Waals surface area contributed by atoms with Crippen LogP contribution in [0.1, 0.15) is 49.0 Å². The van der Waals surface area contributed by atoms with E-state index in [1.165, 1.54) is 18.2 Å². The molecule has 0 spiro atoms. The molecule has 1 aromatic rings. The van der Waals surface area contributed by atoms with Gasteiger partial charge >= 0.3 is 0 Å². The minimum Gasteiger partial charge on any atom is -0.349 e. The molecule has 3 nitrogen and oxygen atoms in total. The van der Waals surface area contributed by atoms with Crippen molar-refractivity contribution in [2.45, 2.75) is 39.2 Å². The van der Waals surface area contributed by atoms with Gasteiger partial charge in [-0.25, -0.2) is 4.39 Å². The zero-order chi connectivity index (χ0) is 15.5. The summed E-state index contributed by atoms with van der Waals surface area (Å²) in [6, 6.07) is 4.20. The molecule has 0 bridgehead atoms. The highest BCUT2D eigenvalue weighted by Crippen LogP contribution is 2.37. The highest BCUT2D eigenvalue weighted by molar-refractivity contribution is 5.97. The Morgan fingerprint density at radius 2 is 2.29 bits per heavy atom. The maximum Gasteiger partial charge on any atom is 0.252 e. The van der Waals surface area contributed by atoms with Crippen LogP contribution < -0.4 is 11.1 Å². The van der Waals surface area contributed by atoms with Crippen LogP contribution in [-0.4, -0.2) is 18.5 Å². The Kier molecular flexibility index (Phi) is 4.64. The lowest BCUT2D eigenvalue weighted by molar-refractivity contribution is 0.0935. The molecule has 0 aliphatic heterocycles. The second kappa shape index (κ2) is 6.28. The first-order chi connectivity index (χ1) is 9.91.